The molecule has 0 bridgehead atoms. The van der Waals surface area contributed by atoms with E-state index in [2.05, 4.69) is 10.2 Å². The van der Waals surface area contributed by atoms with Gasteiger partial charge in [0, 0.05) is 6.42 Å². The highest BCUT2D eigenvalue weighted by atomic mass is 16.4. The average molecular weight is 329 g/mol. The van der Waals surface area contributed by atoms with E-state index in [0.29, 0.717) is 0 Å². The normalized spacial score (nSPS) is 11.4. The van der Waals surface area contributed by atoms with Crippen molar-refractivity contribution < 1.29 is 19.8 Å². The number of nitrogens with zero attached hydrogens (tertiary/aromatic N) is 2. The van der Waals surface area contributed by atoms with Gasteiger partial charge in [-0.2, -0.15) is 10.2 Å². The standard InChI is InChI=1S/C12H10N2.C5H9NO4/c1-3-7-11(8-4-1)13-14-12-9-5-2-6-10-12;6-3(5(9)10)1-2-4(7)8/h1-10H;3H,1-2,6H2,(H,7,8)(H,9,10)/b14-13+;. The van der Waals surface area contributed by atoms with Crippen molar-refractivity contribution in [2.75, 3.05) is 0 Å². The molecule has 0 aliphatic carbocycles. The van der Waals surface area contributed by atoms with Crippen molar-refractivity contribution in [3.8, 4) is 0 Å². The van der Waals surface area contributed by atoms with Gasteiger partial charge in [-0.1, -0.05) is 36.4 Å². The first-order valence-corrected chi connectivity index (χ1v) is 7.21. The molecule has 7 nitrogen and oxygen atoms in total. The topological polar surface area (TPSA) is 125 Å². The van der Waals surface area contributed by atoms with E-state index in [0.717, 1.165) is 11.4 Å². The van der Waals surface area contributed by atoms with E-state index in [4.69, 9.17) is 15.9 Å². The summed E-state index contributed by atoms with van der Waals surface area (Å²) in [6, 6.07) is 18.3. The number of carbonyl (C=O) groups is 2. The van der Waals surface area contributed by atoms with Crippen molar-refractivity contribution >= 4 is 23.3 Å². The second-order valence-electron chi connectivity index (χ2n) is 4.75. The minimum Gasteiger partial charge on any atom is -0.481 e. The Bertz CT molecular complexity index is 619. The van der Waals surface area contributed by atoms with Crippen molar-refractivity contribution in [3.05, 3.63) is 60.7 Å². The van der Waals surface area contributed by atoms with Crippen molar-refractivity contribution in [1.29, 1.82) is 0 Å². The van der Waals surface area contributed by atoms with Crippen molar-refractivity contribution in [3.63, 3.8) is 0 Å². The number of hydrogen-bond acceptors (Lipinski definition) is 5. The van der Waals surface area contributed by atoms with Gasteiger partial charge in [-0.15, -0.1) is 0 Å². The predicted molar refractivity (Wildman–Crippen MR) is 89.5 cm³/mol. The summed E-state index contributed by atoms with van der Waals surface area (Å²) in [5, 5.41) is 24.5. The number of rotatable bonds is 6. The van der Waals surface area contributed by atoms with E-state index in [1.54, 1.807) is 0 Å². The van der Waals surface area contributed by atoms with Gasteiger partial charge in [0.15, 0.2) is 0 Å². The van der Waals surface area contributed by atoms with Crippen LogP contribution >= 0.6 is 0 Å². The van der Waals surface area contributed by atoms with Gasteiger partial charge < -0.3 is 15.9 Å². The molecule has 0 radical (unpaired) electrons. The molecule has 4 N–H and O–H groups in total. The van der Waals surface area contributed by atoms with Crippen molar-refractivity contribution in [2.45, 2.75) is 18.9 Å². The zero-order valence-electron chi connectivity index (χ0n) is 12.9. The van der Waals surface area contributed by atoms with Crippen LogP contribution < -0.4 is 5.73 Å². The number of nitrogens with two attached hydrogens (primary N) is 1. The summed E-state index contributed by atoms with van der Waals surface area (Å²) in [6.07, 6.45) is -0.224. The van der Waals surface area contributed by atoms with Gasteiger partial charge in [-0.3, -0.25) is 9.59 Å². The lowest BCUT2D eigenvalue weighted by Gasteiger charge is -2.01. The largest absolute Gasteiger partial charge is 0.481 e. The third-order valence-electron chi connectivity index (χ3n) is 2.78. The van der Waals surface area contributed by atoms with Crippen LogP contribution in [0.4, 0.5) is 11.4 Å². The van der Waals surface area contributed by atoms with Crippen molar-refractivity contribution in [1.82, 2.24) is 0 Å². The summed E-state index contributed by atoms with van der Waals surface area (Å²) in [6.45, 7) is 0. The first-order chi connectivity index (χ1) is 11.5. The number of aliphatic carboxylic acids is 2. The quantitative estimate of drug-likeness (QED) is 0.701. The Labute approximate surface area is 139 Å². The second kappa shape index (κ2) is 10.6. The van der Waals surface area contributed by atoms with E-state index in [9.17, 15) is 9.59 Å². The fourth-order valence-corrected chi connectivity index (χ4v) is 1.51. The highest BCUT2D eigenvalue weighted by Gasteiger charge is 2.12. The van der Waals surface area contributed by atoms with Crippen LogP contribution in [-0.2, 0) is 9.59 Å². The van der Waals surface area contributed by atoms with E-state index < -0.39 is 18.0 Å². The summed E-state index contributed by atoms with van der Waals surface area (Å²) in [4.78, 5) is 19.9. The van der Waals surface area contributed by atoms with Gasteiger partial charge in [0.1, 0.15) is 6.04 Å². The lowest BCUT2D eigenvalue weighted by molar-refractivity contribution is -0.139. The van der Waals surface area contributed by atoms with Crippen LogP contribution in [0.15, 0.2) is 70.9 Å². The van der Waals surface area contributed by atoms with E-state index >= 15 is 0 Å². The van der Waals surface area contributed by atoms with Gasteiger partial charge in [-0.25, -0.2) is 0 Å². The van der Waals surface area contributed by atoms with Crippen LogP contribution in [0.5, 0.6) is 0 Å². The number of azo groups is 1. The molecule has 0 aromatic heterocycles. The molecule has 0 amide bonds. The summed E-state index contributed by atoms with van der Waals surface area (Å²) >= 11 is 0. The maximum Gasteiger partial charge on any atom is 0.320 e. The van der Waals surface area contributed by atoms with Gasteiger partial charge in [0.25, 0.3) is 0 Å². The smallest absolute Gasteiger partial charge is 0.320 e. The molecule has 24 heavy (non-hydrogen) atoms. The zero-order valence-corrected chi connectivity index (χ0v) is 12.9. The predicted octanol–water partition coefficient (Wildman–Crippen LogP) is 3.37. The summed E-state index contributed by atoms with van der Waals surface area (Å²) in [5.74, 6) is -2.20. The van der Waals surface area contributed by atoms with Crippen LogP contribution in [0, 0.1) is 0 Å². The highest BCUT2D eigenvalue weighted by Crippen LogP contribution is 2.16. The molecule has 126 valence electrons. The van der Waals surface area contributed by atoms with Gasteiger partial charge in [0.05, 0.1) is 11.4 Å². The Morgan fingerprint density at radius 3 is 1.62 bits per heavy atom. The van der Waals surface area contributed by atoms with E-state index in [-0.39, 0.29) is 12.8 Å². The minimum atomic E-state index is -1.17. The lowest BCUT2D eigenvalue weighted by Crippen LogP contribution is -2.30. The third kappa shape index (κ3) is 8.40. The molecule has 2 aromatic rings. The maximum absolute atomic E-state index is 9.99. The van der Waals surface area contributed by atoms with Crippen LogP contribution in [-0.4, -0.2) is 28.2 Å². The Morgan fingerprint density at radius 2 is 1.29 bits per heavy atom. The summed E-state index contributed by atoms with van der Waals surface area (Å²) in [7, 11) is 0. The molecule has 1 unspecified atom stereocenters. The fourth-order valence-electron chi connectivity index (χ4n) is 1.51. The lowest BCUT2D eigenvalue weighted by atomic mass is 10.2. The van der Waals surface area contributed by atoms with Crippen LogP contribution in [0.2, 0.25) is 0 Å². The molecule has 7 heteroatoms. The molecular formula is C17H19N3O4. The summed E-state index contributed by atoms with van der Waals surface area (Å²) in [5.41, 5.74) is 6.75. The van der Waals surface area contributed by atoms with Gasteiger partial charge >= 0.3 is 11.9 Å². The number of hydrogen-bond donors (Lipinski definition) is 3. The molecule has 0 spiro atoms. The molecule has 0 aliphatic rings. The first kappa shape index (κ1) is 19.0. The molecule has 0 aliphatic heterocycles. The van der Waals surface area contributed by atoms with Crippen LogP contribution in [0.3, 0.4) is 0 Å². The van der Waals surface area contributed by atoms with E-state index in [1.807, 2.05) is 60.7 Å². The van der Waals surface area contributed by atoms with E-state index in [1.165, 1.54) is 0 Å². The third-order valence-corrected chi connectivity index (χ3v) is 2.78. The Balaban J connectivity index is 0.000000257. The number of benzene rings is 2. The Kier molecular flexibility index (Phi) is 8.41. The molecule has 0 fully saturated rings. The van der Waals surface area contributed by atoms with Gasteiger partial charge in [0.2, 0.25) is 0 Å². The molecular weight excluding hydrogens is 310 g/mol. The Hall–Kier alpha value is -3.06. The molecule has 2 rings (SSSR count). The molecule has 0 heterocycles. The first-order valence-electron chi connectivity index (χ1n) is 7.21. The Morgan fingerprint density at radius 1 is 0.875 bits per heavy atom. The average Bonchev–Trinajstić information content (AvgIpc) is 2.60. The molecule has 2 aromatic carbocycles. The fraction of sp³-hybridized carbons (Fsp3) is 0.176. The van der Waals surface area contributed by atoms with Crippen LogP contribution in [0.25, 0.3) is 0 Å². The molecule has 0 saturated carbocycles. The molecule has 0 saturated heterocycles. The monoisotopic (exact) mass is 329 g/mol. The maximum atomic E-state index is 9.99. The van der Waals surface area contributed by atoms with Gasteiger partial charge in [-0.05, 0) is 30.7 Å². The number of carboxylic acid groups (broad SMARTS) is 2. The zero-order chi connectivity index (χ0) is 17.8. The number of carboxylic acids is 2. The molecule has 1 atom stereocenters. The SMILES string of the molecule is NC(CCC(=O)O)C(=O)O.c1ccc(/N=N/c2ccccc2)cc1. The van der Waals surface area contributed by atoms with Crippen molar-refractivity contribution in [2.24, 2.45) is 16.0 Å². The van der Waals surface area contributed by atoms with Crippen LogP contribution in [0.1, 0.15) is 12.8 Å². The minimum absolute atomic E-state index is 0.0231. The summed E-state index contributed by atoms with van der Waals surface area (Å²) < 4.78 is 0. The highest BCUT2D eigenvalue weighted by molar-refractivity contribution is 5.74. The second-order valence-corrected chi connectivity index (χ2v) is 4.75.